The lowest BCUT2D eigenvalue weighted by molar-refractivity contribution is -0.184. The third-order valence-corrected chi connectivity index (χ3v) is 2.00. The van der Waals surface area contributed by atoms with Gasteiger partial charge in [0.1, 0.15) is 13.4 Å². The standard InChI is InChI=1S/C13H13F3O3/c14-13(15,16)12(17)7-4-8-18-10-19-9-11-5-2-1-3-6-11/h1-3,5-6,12,17H,8-10H2. The summed E-state index contributed by atoms with van der Waals surface area (Å²) in [4.78, 5) is 0. The van der Waals surface area contributed by atoms with Crippen LogP contribution in [0.25, 0.3) is 0 Å². The first-order chi connectivity index (χ1) is 9.00. The van der Waals surface area contributed by atoms with Crippen LogP contribution in [0, 0.1) is 11.8 Å². The molecule has 1 rings (SSSR count). The van der Waals surface area contributed by atoms with Crippen LogP contribution in [0.15, 0.2) is 30.3 Å². The average Bonchev–Trinajstić information content (AvgIpc) is 2.37. The van der Waals surface area contributed by atoms with E-state index in [0.717, 1.165) is 5.56 Å². The molecule has 0 spiro atoms. The highest BCUT2D eigenvalue weighted by Crippen LogP contribution is 2.18. The number of aliphatic hydroxyl groups is 1. The van der Waals surface area contributed by atoms with Crippen LogP contribution in [0.5, 0.6) is 0 Å². The molecule has 19 heavy (non-hydrogen) atoms. The van der Waals surface area contributed by atoms with Crippen molar-refractivity contribution >= 4 is 0 Å². The number of hydrogen-bond donors (Lipinski definition) is 1. The number of hydrogen-bond acceptors (Lipinski definition) is 3. The quantitative estimate of drug-likeness (QED) is 0.508. The van der Waals surface area contributed by atoms with E-state index in [0.29, 0.717) is 6.61 Å². The summed E-state index contributed by atoms with van der Waals surface area (Å²) in [6.07, 6.45) is -7.36. The van der Waals surface area contributed by atoms with E-state index in [4.69, 9.17) is 14.6 Å². The molecule has 0 radical (unpaired) electrons. The minimum atomic E-state index is -4.73. The lowest BCUT2D eigenvalue weighted by Crippen LogP contribution is -2.26. The number of aliphatic hydroxyl groups excluding tert-OH is 1. The third-order valence-electron chi connectivity index (χ3n) is 2.00. The van der Waals surface area contributed by atoms with E-state index < -0.39 is 12.3 Å². The largest absolute Gasteiger partial charge is 0.425 e. The highest BCUT2D eigenvalue weighted by Gasteiger charge is 2.36. The predicted molar refractivity (Wildman–Crippen MR) is 61.9 cm³/mol. The van der Waals surface area contributed by atoms with Crippen molar-refractivity contribution in [1.82, 2.24) is 0 Å². The zero-order valence-electron chi connectivity index (χ0n) is 9.98. The van der Waals surface area contributed by atoms with Crippen LogP contribution in [0.4, 0.5) is 13.2 Å². The number of alkyl halides is 3. The van der Waals surface area contributed by atoms with Crippen LogP contribution < -0.4 is 0 Å². The molecule has 1 atom stereocenters. The highest BCUT2D eigenvalue weighted by atomic mass is 19.4. The molecule has 0 aliphatic carbocycles. The monoisotopic (exact) mass is 274 g/mol. The first-order valence-corrected chi connectivity index (χ1v) is 5.42. The summed E-state index contributed by atoms with van der Waals surface area (Å²) in [6, 6.07) is 9.35. The second kappa shape index (κ2) is 7.79. The smallest absolute Gasteiger partial charge is 0.372 e. The lowest BCUT2D eigenvalue weighted by Gasteiger charge is -2.07. The van der Waals surface area contributed by atoms with E-state index in [1.807, 2.05) is 30.3 Å². The molecule has 0 saturated carbocycles. The summed E-state index contributed by atoms with van der Waals surface area (Å²) >= 11 is 0. The minimum absolute atomic E-state index is 0.0777. The maximum atomic E-state index is 11.8. The summed E-state index contributed by atoms with van der Waals surface area (Å²) in [5, 5.41) is 8.55. The molecule has 1 aromatic carbocycles. The predicted octanol–water partition coefficient (Wildman–Crippen LogP) is 2.10. The number of ether oxygens (including phenoxy) is 2. The number of benzene rings is 1. The fourth-order valence-corrected chi connectivity index (χ4v) is 1.11. The first kappa shape index (κ1) is 15.5. The van der Waals surface area contributed by atoms with E-state index >= 15 is 0 Å². The Bertz CT molecular complexity index is 420. The average molecular weight is 274 g/mol. The Hall–Kier alpha value is -1.55. The fourth-order valence-electron chi connectivity index (χ4n) is 1.11. The van der Waals surface area contributed by atoms with Crippen molar-refractivity contribution in [2.75, 3.05) is 13.4 Å². The van der Waals surface area contributed by atoms with Crippen molar-refractivity contribution < 1.29 is 27.8 Å². The summed E-state index contributed by atoms with van der Waals surface area (Å²) < 4.78 is 45.5. The van der Waals surface area contributed by atoms with Gasteiger partial charge >= 0.3 is 6.18 Å². The van der Waals surface area contributed by atoms with Gasteiger partial charge in [-0.25, -0.2) is 0 Å². The molecule has 0 heterocycles. The Morgan fingerprint density at radius 2 is 1.84 bits per heavy atom. The maximum Gasteiger partial charge on any atom is 0.425 e. The molecule has 6 heteroatoms. The Morgan fingerprint density at radius 1 is 1.16 bits per heavy atom. The Balaban J connectivity index is 2.11. The van der Waals surface area contributed by atoms with Crippen LogP contribution >= 0.6 is 0 Å². The van der Waals surface area contributed by atoms with Crippen LogP contribution in [0.3, 0.4) is 0 Å². The van der Waals surface area contributed by atoms with Gasteiger partial charge in [-0.2, -0.15) is 13.2 Å². The van der Waals surface area contributed by atoms with E-state index in [-0.39, 0.29) is 13.4 Å². The molecule has 0 saturated heterocycles. The molecular formula is C13H13F3O3. The van der Waals surface area contributed by atoms with Crippen molar-refractivity contribution in [1.29, 1.82) is 0 Å². The lowest BCUT2D eigenvalue weighted by atomic mass is 10.2. The molecular weight excluding hydrogens is 261 g/mol. The zero-order valence-corrected chi connectivity index (χ0v) is 9.98. The molecule has 1 unspecified atom stereocenters. The molecule has 1 N–H and O–H groups in total. The summed E-state index contributed by atoms with van der Waals surface area (Å²) in [6.45, 7) is 0.0348. The van der Waals surface area contributed by atoms with E-state index in [2.05, 4.69) is 5.92 Å². The van der Waals surface area contributed by atoms with Gasteiger partial charge in [0.2, 0.25) is 6.10 Å². The second-order valence-corrected chi connectivity index (χ2v) is 3.57. The third kappa shape index (κ3) is 6.82. The van der Waals surface area contributed by atoms with E-state index in [1.165, 1.54) is 0 Å². The van der Waals surface area contributed by atoms with Gasteiger partial charge < -0.3 is 14.6 Å². The van der Waals surface area contributed by atoms with E-state index in [9.17, 15) is 13.2 Å². The molecule has 3 nitrogen and oxygen atoms in total. The van der Waals surface area contributed by atoms with E-state index in [1.54, 1.807) is 5.92 Å². The van der Waals surface area contributed by atoms with Gasteiger partial charge in [0.15, 0.2) is 0 Å². The van der Waals surface area contributed by atoms with Crippen LogP contribution in [-0.2, 0) is 16.1 Å². The number of rotatable bonds is 5. The van der Waals surface area contributed by atoms with Crippen molar-refractivity contribution in [3.05, 3.63) is 35.9 Å². The summed E-state index contributed by atoms with van der Waals surface area (Å²) in [5.41, 5.74) is 0.963. The molecule has 104 valence electrons. The zero-order chi connectivity index (χ0) is 14.1. The van der Waals surface area contributed by atoms with Crippen LogP contribution in [0.2, 0.25) is 0 Å². The van der Waals surface area contributed by atoms with Crippen molar-refractivity contribution in [3.8, 4) is 11.8 Å². The maximum absolute atomic E-state index is 11.8. The van der Waals surface area contributed by atoms with Crippen molar-refractivity contribution in [3.63, 3.8) is 0 Å². The Morgan fingerprint density at radius 3 is 2.47 bits per heavy atom. The molecule has 1 aromatic rings. The summed E-state index contributed by atoms with van der Waals surface area (Å²) in [5.74, 6) is 3.70. The highest BCUT2D eigenvalue weighted by molar-refractivity contribution is 5.13. The van der Waals surface area contributed by atoms with Crippen LogP contribution in [-0.4, -0.2) is 30.8 Å². The van der Waals surface area contributed by atoms with Gasteiger partial charge in [-0.3, -0.25) is 0 Å². The Labute approximate surface area is 109 Å². The van der Waals surface area contributed by atoms with Crippen molar-refractivity contribution in [2.45, 2.75) is 18.9 Å². The van der Waals surface area contributed by atoms with Gasteiger partial charge in [-0.15, -0.1) is 0 Å². The molecule has 0 amide bonds. The molecule has 0 fully saturated rings. The van der Waals surface area contributed by atoms with Crippen molar-refractivity contribution in [2.24, 2.45) is 0 Å². The minimum Gasteiger partial charge on any atom is -0.372 e. The molecule has 0 aliphatic rings. The Kier molecular flexibility index (Phi) is 6.36. The normalized spacial score (nSPS) is 12.6. The van der Waals surface area contributed by atoms with Gasteiger partial charge in [0.05, 0.1) is 6.61 Å². The first-order valence-electron chi connectivity index (χ1n) is 5.42. The van der Waals surface area contributed by atoms with Gasteiger partial charge in [0, 0.05) is 0 Å². The molecule has 0 bridgehead atoms. The van der Waals surface area contributed by atoms with Gasteiger partial charge in [-0.1, -0.05) is 42.2 Å². The summed E-state index contributed by atoms with van der Waals surface area (Å²) in [7, 11) is 0. The fraction of sp³-hybridized carbons (Fsp3) is 0.385. The van der Waals surface area contributed by atoms with Crippen LogP contribution in [0.1, 0.15) is 5.56 Å². The number of halogens is 3. The SMILES string of the molecule is OC(C#CCOCOCc1ccccc1)C(F)(F)F. The molecule has 0 aliphatic heterocycles. The molecule has 0 aromatic heterocycles. The topological polar surface area (TPSA) is 38.7 Å². The van der Waals surface area contributed by atoms with Gasteiger partial charge in [0.25, 0.3) is 0 Å². The second-order valence-electron chi connectivity index (χ2n) is 3.57. The van der Waals surface area contributed by atoms with Gasteiger partial charge in [-0.05, 0) is 5.56 Å².